The van der Waals surface area contributed by atoms with Crippen LogP contribution in [0.3, 0.4) is 0 Å². The first-order valence-electron chi connectivity index (χ1n) is 6.74. The van der Waals surface area contributed by atoms with Crippen molar-refractivity contribution in [2.24, 2.45) is 0 Å². The molecule has 21 heavy (non-hydrogen) atoms. The van der Waals surface area contributed by atoms with E-state index < -0.39 is 11.6 Å². The molecule has 0 bridgehead atoms. The number of benzene rings is 1. The molecular weight excluding hydrogens is 362 g/mol. The molecule has 0 aliphatic heterocycles. The summed E-state index contributed by atoms with van der Waals surface area (Å²) in [5, 5.41) is 0.270. The van der Waals surface area contributed by atoms with Crippen molar-refractivity contribution in [3.05, 3.63) is 45.2 Å². The van der Waals surface area contributed by atoms with E-state index in [1.165, 1.54) is 12.1 Å². The van der Waals surface area contributed by atoms with Gasteiger partial charge < -0.3 is 0 Å². The van der Waals surface area contributed by atoms with E-state index in [-0.39, 0.29) is 11.0 Å². The summed E-state index contributed by atoms with van der Waals surface area (Å²) in [5.41, 5.74) is 1.12. The van der Waals surface area contributed by atoms with Gasteiger partial charge >= 0.3 is 0 Å². The number of hydrogen-bond acceptors (Lipinski definition) is 2. The zero-order chi connectivity index (χ0) is 15.0. The highest BCUT2D eigenvalue weighted by atomic mass is 79.9. The van der Waals surface area contributed by atoms with Crippen molar-refractivity contribution in [3.63, 3.8) is 0 Å². The van der Waals surface area contributed by atoms with E-state index >= 15 is 0 Å². The summed E-state index contributed by atoms with van der Waals surface area (Å²) in [5.74, 6) is -0.745. The second kappa shape index (κ2) is 5.97. The van der Waals surface area contributed by atoms with Gasteiger partial charge in [0.2, 0.25) is 0 Å². The van der Waals surface area contributed by atoms with Crippen molar-refractivity contribution in [1.82, 2.24) is 9.97 Å². The van der Waals surface area contributed by atoms with Gasteiger partial charge in [0.15, 0.2) is 5.82 Å². The van der Waals surface area contributed by atoms with Crippen LogP contribution in [0.4, 0.5) is 8.78 Å². The number of rotatable bonds is 2. The van der Waals surface area contributed by atoms with E-state index in [0.717, 1.165) is 37.4 Å². The molecule has 0 atom stereocenters. The molecular formula is C15H12BrClF2N2. The minimum absolute atomic E-state index is 0.253. The largest absolute Gasteiger partial charge is 0.231 e. The number of nitrogens with zero attached hydrogens (tertiary/aromatic N) is 2. The van der Waals surface area contributed by atoms with Crippen molar-refractivity contribution in [3.8, 4) is 11.4 Å². The fourth-order valence-corrected chi connectivity index (χ4v) is 3.40. The molecule has 0 saturated heterocycles. The van der Waals surface area contributed by atoms with E-state index in [0.29, 0.717) is 16.0 Å². The van der Waals surface area contributed by atoms with Crippen LogP contribution in [0.25, 0.3) is 11.4 Å². The number of hydrogen-bond donors (Lipinski definition) is 0. The standard InChI is InChI=1S/C15H12BrClF2N2/c16-12-13(8-3-1-2-4-8)20-15(21-14(12)17)9-5-10(18)7-11(19)6-9/h5-8H,1-4H2. The topological polar surface area (TPSA) is 25.8 Å². The lowest BCUT2D eigenvalue weighted by Crippen LogP contribution is -2.03. The van der Waals surface area contributed by atoms with Crippen molar-refractivity contribution in [2.45, 2.75) is 31.6 Å². The third-order valence-electron chi connectivity index (χ3n) is 3.70. The highest BCUT2D eigenvalue weighted by molar-refractivity contribution is 9.10. The SMILES string of the molecule is Fc1cc(F)cc(-c2nc(Cl)c(Br)c(C3CCCC3)n2)c1. The lowest BCUT2D eigenvalue weighted by molar-refractivity contribution is 0.584. The average molecular weight is 374 g/mol. The Labute approximate surface area is 134 Å². The molecule has 0 radical (unpaired) electrons. The molecule has 1 aliphatic rings. The first kappa shape index (κ1) is 14.9. The number of aromatic nitrogens is 2. The summed E-state index contributed by atoms with van der Waals surface area (Å²) < 4.78 is 27.4. The summed E-state index contributed by atoms with van der Waals surface area (Å²) in [6, 6.07) is 3.24. The van der Waals surface area contributed by atoms with Crippen LogP contribution in [0.2, 0.25) is 5.15 Å². The van der Waals surface area contributed by atoms with Gasteiger partial charge in [-0.3, -0.25) is 0 Å². The van der Waals surface area contributed by atoms with E-state index in [1.54, 1.807) is 0 Å². The molecule has 1 aliphatic carbocycles. The predicted molar refractivity (Wildman–Crippen MR) is 81.3 cm³/mol. The molecule has 110 valence electrons. The fraction of sp³-hybridized carbons (Fsp3) is 0.333. The van der Waals surface area contributed by atoms with Gasteiger partial charge in [-0.25, -0.2) is 18.7 Å². The van der Waals surface area contributed by atoms with Crippen LogP contribution >= 0.6 is 27.5 Å². The molecule has 2 nitrogen and oxygen atoms in total. The van der Waals surface area contributed by atoms with Gasteiger partial charge in [0.05, 0.1) is 10.2 Å². The van der Waals surface area contributed by atoms with Gasteiger partial charge in [0.25, 0.3) is 0 Å². The molecule has 0 spiro atoms. The molecule has 0 N–H and O–H groups in total. The predicted octanol–water partition coefficient (Wildman–Crippen LogP) is 5.50. The molecule has 0 amide bonds. The van der Waals surface area contributed by atoms with Gasteiger partial charge in [0.1, 0.15) is 16.8 Å². The van der Waals surface area contributed by atoms with Gasteiger partial charge in [-0.2, -0.15) is 0 Å². The smallest absolute Gasteiger partial charge is 0.161 e. The van der Waals surface area contributed by atoms with E-state index in [9.17, 15) is 8.78 Å². The van der Waals surface area contributed by atoms with E-state index in [1.807, 2.05) is 0 Å². The van der Waals surface area contributed by atoms with Crippen LogP contribution < -0.4 is 0 Å². The van der Waals surface area contributed by atoms with Crippen molar-refractivity contribution in [2.75, 3.05) is 0 Å². The minimum Gasteiger partial charge on any atom is -0.231 e. The summed E-state index contributed by atoms with van der Waals surface area (Å²) >= 11 is 9.56. The van der Waals surface area contributed by atoms with Crippen LogP contribution in [-0.2, 0) is 0 Å². The molecule has 1 heterocycles. The average Bonchev–Trinajstić information content (AvgIpc) is 2.94. The first-order valence-corrected chi connectivity index (χ1v) is 7.91. The Kier molecular flexibility index (Phi) is 4.22. The highest BCUT2D eigenvalue weighted by Gasteiger charge is 2.24. The second-order valence-electron chi connectivity index (χ2n) is 5.18. The van der Waals surface area contributed by atoms with Crippen molar-refractivity contribution >= 4 is 27.5 Å². The molecule has 1 saturated carbocycles. The Bertz CT molecular complexity index is 667. The molecule has 1 aromatic heterocycles. The molecule has 3 rings (SSSR count). The lowest BCUT2D eigenvalue weighted by Gasteiger charge is -2.13. The zero-order valence-electron chi connectivity index (χ0n) is 11.0. The summed E-state index contributed by atoms with van der Waals surface area (Å²) in [6.45, 7) is 0. The first-order chi connectivity index (χ1) is 10.0. The molecule has 2 aromatic rings. The summed E-state index contributed by atoms with van der Waals surface area (Å²) in [7, 11) is 0. The Balaban J connectivity index is 2.10. The maximum absolute atomic E-state index is 13.4. The fourth-order valence-electron chi connectivity index (χ4n) is 2.72. The molecule has 6 heteroatoms. The van der Waals surface area contributed by atoms with Crippen LogP contribution in [0, 0.1) is 11.6 Å². The third-order valence-corrected chi connectivity index (χ3v) is 4.98. The van der Waals surface area contributed by atoms with Gasteiger partial charge in [0, 0.05) is 17.5 Å². The highest BCUT2D eigenvalue weighted by Crippen LogP contribution is 2.39. The third kappa shape index (κ3) is 3.09. The summed E-state index contributed by atoms with van der Waals surface area (Å²) in [4.78, 5) is 8.62. The maximum Gasteiger partial charge on any atom is 0.161 e. The van der Waals surface area contributed by atoms with Gasteiger partial charge in [-0.05, 0) is 40.9 Å². The number of halogens is 4. The van der Waals surface area contributed by atoms with E-state index in [2.05, 4.69) is 25.9 Å². The Hall–Kier alpha value is -1.07. The minimum atomic E-state index is -0.657. The monoisotopic (exact) mass is 372 g/mol. The Morgan fingerprint density at radius 3 is 2.29 bits per heavy atom. The van der Waals surface area contributed by atoms with Crippen molar-refractivity contribution in [1.29, 1.82) is 0 Å². The van der Waals surface area contributed by atoms with Crippen LogP contribution in [-0.4, -0.2) is 9.97 Å². The Morgan fingerprint density at radius 2 is 1.67 bits per heavy atom. The van der Waals surface area contributed by atoms with Crippen LogP contribution in [0.1, 0.15) is 37.3 Å². The summed E-state index contributed by atoms with van der Waals surface area (Å²) in [6.07, 6.45) is 4.40. The maximum atomic E-state index is 13.4. The Morgan fingerprint density at radius 1 is 1.05 bits per heavy atom. The van der Waals surface area contributed by atoms with Crippen LogP contribution in [0.15, 0.2) is 22.7 Å². The molecule has 1 fully saturated rings. The van der Waals surface area contributed by atoms with Gasteiger partial charge in [-0.15, -0.1) is 0 Å². The lowest BCUT2D eigenvalue weighted by atomic mass is 10.0. The van der Waals surface area contributed by atoms with E-state index in [4.69, 9.17) is 11.6 Å². The van der Waals surface area contributed by atoms with Crippen molar-refractivity contribution < 1.29 is 8.78 Å². The molecule has 1 aromatic carbocycles. The second-order valence-corrected chi connectivity index (χ2v) is 6.33. The van der Waals surface area contributed by atoms with Gasteiger partial charge in [-0.1, -0.05) is 24.4 Å². The van der Waals surface area contributed by atoms with Crippen LogP contribution in [0.5, 0.6) is 0 Å². The normalized spacial score (nSPS) is 15.6. The quantitative estimate of drug-likeness (QED) is 0.650. The zero-order valence-corrected chi connectivity index (χ0v) is 13.4. The molecule has 0 unspecified atom stereocenters.